The Kier molecular flexibility index (Phi) is 5.50. The fourth-order valence-electron chi connectivity index (χ4n) is 2.50. The highest BCUT2D eigenvalue weighted by atomic mass is 79.9. The van der Waals surface area contributed by atoms with Gasteiger partial charge in [0.15, 0.2) is 16.6 Å². The average Bonchev–Trinajstić information content (AvgIpc) is 2.62. The van der Waals surface area contributed by atoms with E-state index < -0.39 is 11.8 Å². The van der Waals surface area contributed by atoms with Crippen LogP contribution < -0.4 is 15.0 Å². The monoisotopic (exact) mass is 466 g/mol. The van der Waals surface area contributed by atoms with Crippen LogP contribution in [-0.4, -0.2) is 29.1 Å². The number of nitrogens with one attached hydrogen (secondary N) is 1. The van der Waals surface area contributed by atoms with E-state index in [9.17, 15) is 14.7 Å². The number of aromatic hydroxyl groups is 1. The summed E-state index contributed by atoms with van der Waals surface area (Å²) in [7, 11) is 1.40. The molecule has 0 spiro atoms. The molecule has 2 amide bonds. The zero-order valence-corrected chi connectivity index (χ0v) is 17.0. The number of anilines is 1. The van der Waals surface area contributed by atoms with Gasteiger partial charge in [-0.25, -0.2) is 0 Å². The number of amides is 2. The van der Waals surface area contributed by atoms with Crippen LogP contribution in [0.5, 0.6) is 11.5 Å². The molecule has 2 aromatic rings. The lowest BCUT2D eigenvalue weighted by molar-refractivity contribution is -0.122. The van der Waals surface area contributed by atoms with Crippen molar-refractivity contribution >= 4 is 68.4 Å². The molecule has 0 radical (unpaired) electrons. The van der Waals surface area contributed by atoms with Crippen molar-refractivity contribution in [1.82, 2.24) is 5.32 Å². The van der Waals surface area contributed by atoms with E-state index in [0.29, 0.717) is 15.2 Å². The fourth-order valence-corrected chi connectivity index (χ4v) is 3.36. The fraction of sp³-hybridized carbons (Fsp3) is 0.0556. The van der Waals surface area contributed by atoms with Crippen LogP contribution in [0.15, 0.2) is 46.4 Å². The number of carbonyl (C=O) groups is 2. The average molecular weight is 468 g/mol. The number of rotatable bonds is 3. The lowest BCUT2D eigenvalue weighted by atomic mass is 10.1. The summed E-state index contributed by atoms with van der Waals surface area (Å²) in [5.41, 5.74) is 0.508. The van der Waals surface area contributed by atoms with Crippen LogP contribution >= 0.6 is 39.7 Å². The number of hydrogen-bond donors (Lipinski definition) is 2. The second-order valence-electron chi connectivity index (χ2n) is 5.48. The number of thiocarbonyl (C=S) groups is 1. The predicted octanol–water partition coefficient (Wildman–Crippen LogP) is 3.65. The predicted molar refractivity (Wildman–Crippen MR) is 110 cm³/mol. The van der Waals surface area contributed by atoms with Gasteiger partial charge >= 0.3 is 0 Å². The van der Waals surface area contributed by atoms with Crippen LogP contribution in [-0.2, 0) is 9.59 Å². The van der Waals surface area contributed by atoms with E-state index in [4.69, 9.17) is 28.6 Å². The summed E-state index contributed by atoms with van der Waals surface area (Å²) >= 11 is 14.3. The molecule has 2 N–H and O–H groups in total. The topological polar surface area (TPSA) is 78.9 Å². The number of halogens is 2. The van der Waals surface area contributed by atoms with Crippen molar-refractivity contribution in [3.8, 4) is 11.5 Å². The van der Waals surface area contributed by atoms with Gasteiger partial charge in [-0.15, -0.1) is 0 Å². The van der Waals surface area contributed by atoms with E-state index in [1.807, 2.05) is 0 Å². The molecular weight excluding hydrogens is 456 g/mol. The van der Waals surface area contributed by atoms with E-state index in [1.165, 1.54) is 18.1 Å². The van der Waals surface area contributed by atoms with Gasteiger partial charge < -0.3 is 9.84 Å². The second kappa shape index (κ2) is 7.67. The normalized spacial score (nSPS) is 15.9. The van der Waals surface area contributed by atoms with Gasteiger partial charge in [0, 0.05) is 15.1 Å². The molecule has 27 heavy (non-hydrogen) atoms. The molecule has 1 heterocycles. The van der Waals surface area contributed by atoms with Gasteiger partial charge in [0.2, 0.25) is 0 Å². The Balaban J connectivity index is 2.07. The SMILES string of the molecule is COc1cc(Br)cc(/C=C2\C(=O)NC(=S)N(c3ccc(Cl)cc3)C2=O)c1O. The number of phenols is 1. The van der Waals surface area contributed by atoms with E-state index in [-0.39, 0.29) is 27.7 Å². The number of carbonyl (C=O) groups excluding carboxylic acids is 2. The summed E-state index contributed by atoms with van der Waals surface area (Å²) in [5.74, 6) is -1.28. The maximum absolute atomic E-state index is 12.9. The van der Waals surface area contributed by atoms with Crippen LogP contribution in [0.3, 0.4) is 0 Å². The Hall–Kier alpha value is -2.42. The zero-order valence-electron chi connectivity index (χ0n) is 13.8. The summed E-state index contributed by atoms with van der Waals surface area (Å²) in [5, 5.41) is 13.2. The largest absolute Gasteiger partial charge is 0.504 e. The van der Waals surface area contributed by atoms with Gasteiger partial charge in [-0.05, 0) is 54.7 Å². The molecule has 1 saturated heterocycles. The van der Waals surface area contributed by atoms with Crippen molar-refractivity contribution in [2.75, 3.05) is 12.0 Å². The maximum atomic E-state index is 12.9. The minimum absolute atomic E-state index is 0.0412. The number of phenolic OH excluding ortho intramolecular Hbond substituents is 1. The summed E-state index contributed by atoms with van der Waals surface area (Å²) < 4.78 is 5.70. The first-order valence-corrected chi connectivity index (χ1v) is 9.13. The third-order valence-electron chi connectivity index (χ3n) is 3.78. The van der Waals surface area contributed by atoms with Gasteiger partial charge in [-0.3, -0.25) is 19.8 Å². The zero-order chi connectivity index (χ0) is 19.7. The van der Waals surface area contributed by atoms with Gasteiger partial charge in [-0.1, -0.05) is 27.5 Å². The molecule has 1 aliphatic heterocycles. The molecule has 2 aromatic carbocycles. The maximum Gasteiger partial charge on any atom is 0.270 e. The van der Waals surface area contributed by atoms with Crippen molar-refractivity contribution < 1.29 is 19.4 Å². The number of benzene rings is 2. The van der Waals surface area contributed by atoms with Gasteiger partial charge in [0.25, 0.3) is 11.8 Å². The van der Waals surface area contributed by atoms with Crippen LogP contribution in [0.25, 0.3) is 6.08 Å². The highest BCUT2D eigenvalue weighted by molar-refractivity contribution is 9.10. The van der Waals surface area contributed by atoms with Gasteiger partial charge in [-0.2, -0.15) is 0 Å². The molecule has 6 nitrogen and oxygen atoms in total. The molecule has 9 heteroatoms. The molecule has 0 unspecified atom stereocenters. The van der Waals surface area contributed by atoms with Gasteiger partial charge in [0.1, 0.15) is 5.57 Å². The van der Waals surface area contributed by atoms with E-state index >= 15 is 0 Å². The Morgan fingerprint density at radius 2 is 1.93 bits per heavy atom. The number of nitrogens with zero attached hydrogens (tertiary/aromatic N) is 1. The van der Waals surface area contributed by atoms with E-state index in [2.05, 4.69) is 21.2 Å². The Morgan fingerprint density at radius 1 is 1.26 bits per heavy atom. The molecule has 0 saturated carbocycles. The number of hydrogen-bond acceptors (Lipinski definition) is 5. The number of methoxy groups -OCH3 is 1. The van der Waals surface area contributed by atoms with Gasteiger partial charge in [0.05, 0.1) is 12.8 Å². The Morgan fingerprint density at radius 3 is 2.56 bits per heavy atom. The van der Waals surface area contributed by atoms with E-state index in [0.717, 1.165) is 0 Å². The molecule has 0 aliphatic carbocycles. The first-order valence-electron chi connectivity index (χ1n) is 7.55. The molecule has 1 aliphatic rings. The molecule has 138 valence electrons. The number of ether oxygens (including phenoxy) is 1. The highest BCUT2D eigenvalue weighted by Crippen LogP contribution is 2.35. The molecular formula is C18H12BrClN2O4S. The second-order valence-corrected chi connectivity index (χ2v) is 7.22. The molecule has 0 aromatic heterocycles. The highest BCUT2D eigenvalue weighted by Gasteiger charge is 2.34. The van der Waals surface area contributed by atoms with Crippen molar-refractivity contribution in [3.63, 3.8) is 0 Å². The lowest BCUT2D eigenvalue weighted by Gasteiger charge is -2.29. The van der Waals surface area contributed by atoms with Crippen molar-refractivity contribution in [3.05, 3.63) is 57.0 Å². The summed E-state index contributed by atoms with van der Waals surface area (Å²) in [6, 6.07) is 9.57. The standard InChI is InChI=1S/C18H12BrClN2O4S/c1-26-14-8-10(19)6-9(15(14)23)7-13-16(24)21-18(27)22(17(13)25)12-4-2-11(20)3-5-12/h2-8,23H,1H3,(H,21,24,27)/b13-7+. The van der Waals surface area contributed by atoms with Crippen LogP contribution in [0.4, 0.5) is 5.69 Å². The van der Waals surface area contributed by atoms with Crippen molar-refractivity contribution in [1.29, 1.82) is 0 Å². The van der Waals surface area contributed by atoms with Crippen molar-refractivity contribution in [2.45, 2.75) is 0 Å². The molecule has 0 atom stereocenters. The first-order chi connectivity index (χ1) is 12.8. The molecule has 0 bridgehead atoms. The third-order valence-corrected chi connectivity index (χ3v) is 4.77. The summed E-state index contributed by atoms with van der Waals surface area (Å²) in [6.07, 6.45) is 1.28. The minimum Gasteiger partial charge on any atom is -0.504 e. The van der Waals surface area contributed by atoms with E-state index in [1.54, 1.807) is 36.4 Å². The smallest absolute Gasteiger partial charge is 0.270 e. The molecule has 3 rings (SSSR count). The van der Waals surface area contributed by atoms with Crippen LogP contribution in [0.2, 0.25) is 5.02 Å². The lowest BCUT2D eigenvalue weighted by Crippen LogP contribution is -2.54. The van der Waals surface area contributed by atoms with Crippen LogP contribution in [0, 0.1) is 0 Å². The van der Waals surface area contributed by atoms with Crippen LogP contribution in [0.1, 0.15) is 5.56 Å². The Bertz CT molecular complexity index is 992. The molecule has 1 fully saturated rings. The first kappa shape index (κ1) is 19.3. The summed E-state index contributed by atoms with van der Waals surface area (Å²) in [6.45, 7) is 0. The third kappa shape index (κ3) is 3.83. The summed E-state index contributed by atoms with van der Waals surface area (Å²) in [4.78, 5) is 26.5. The Labute approximate surface area is 173 Å². The quantitative estimate of drug-likeness (QED) is 0.409. The van der Waals surface area contributed by atoms with Crippen molar-refractivity contribution in [2.24, 2.45) is 0 Å². The minimum atomic E-state index is -0.659.